The minimum atomic E-state index is -0.213. The van der Waals surface area contributed by atoms with Gasteiger partial charge in [0.1, 0.15) is 0 Å². The van der Waals surface area contributed by atoms with Gasteiger partial charge in [-0.15, -0.1) is 0 Å². The van der Waals surface area contributed by atoms with Crippen LogP contribution >= 0.6 is 0 Å². The van der Waals surface area contributed by atoms with Gasteiger partial charge in [0, 0.05) is 12.6 Å². The van der Waals surface area contributed by atoms with E-state index in [1.165, 1.54) is 12.8 Å². The van der Waals surface area contributed by atoms with Crippen LogP contribution < -0.4 is 5.73 Å². The van der Waals surface area contributed by atoms with Gasteiger partial charge in [-0.25, -0.2) is 0 Å². The summed E-state index contributed by atoms with van der Waals surface area (Å²) in [6, 6.07) is 0.182. The van der Waals surface area contributed by atoms with E-state index in [1.54, 1.807) is 0 Å². The van der Waals surface area contributed by atoms with Crippen LogP contribution in [0.1, 0.15) is 32.1 Å². The molecule has 0 aromatic heterocycles. The summed E-state index contributed by atoms with van der Waals surface area (Å²) in [7, 11) is 0. The van der Waals surface area contributed by atoms with E-state index in [1.807, 2.05) is 5.06 Å². The highest BCUT2D eigenvalue weighted by atomic mass is 16.7. The standard InChI is InChI=1S/C10H20N2O2/c11-9-3-1-2-4-10(9)14-12-6-5-8(13)7-12/h8-10,13H,1-7,11H2. The van der Waals surface area contributed by atoms with Crippen molar-refractivity contribution in [2.75, 3.05) is 13.1 Å². The van der Waals surface area contributed by atoms with Gasteiger partial charge in [0.05, 0.1) is 18.8 Å². The van der Waals surface area contributed by atoms with Crippen molar-refractivity contribution in [2.45, 2.75) is 50.4 Å². The molecule has 2 rings (SSSR count). The molecule has 3 N–H and O–H groups in total. The van der Waals surface area contributed by atoms with Crippen LogP contribution in [0.25, 0.3) is 0 Å². The first-order valence-corrected chi connectivity index (χ1v) is 5.61. The number of hydrogen-bond acceptors (Lipinski definition) is 4. The number of β-amino-alcohol motifs (C(OH)–C–C–N with tert-alkyl or cyclic N) is 1. The van der Waals surface area contributed by atoms with E-state index >= 15 is 0 Å². The second kappa shape index (κ2) is 4.57. The zero-order chi connectivity index (χ0) is 9.97. The smallest absolute Gasteiger partial charge is 0.0943 e. The summed E-state index contributed by atoms with van der Waals surface area (Å²) >= 11 is 0. The van der Waals surface area contributed by atoms with E-state index in [-0.39, 0.29) is 18.2 Å². The molecule has 0 aromatic carbocycles. The number of aliphatic hydroxyl groups excluding tert-OH is 1. The van der Waals surface area contributed by atoms with Crippen molar-refractivity contribution in [3.8, 4) is 0 Å². The van der Waals surface area contributed by atoms with E-state index in [0.717, 1.165) is 25.8 Å². The van der Waals surface area contributed by atoms with Crippen molar-refractivity contribution in [3.63, 3.8) is 0 Å². The SMILES string of the molecule is NC1CCCCC1ON1CCC(O)C1. The molecule has 3 atom stereocenters. The first-order valence-electron chi connectivity index (χ1n) is 5.61. The summed E-state index contributed by atoms with van der Waals surface area (Å²) in [5.41, 5.74) is 5.98. The van der Waals surface area contributed by atoms with E-state index in [2.05, 4.69) is 0 Å². The zero-order valence-electron chi connectivity index (χ0n) is 8.56. The van der Waals surface area contributed by atoms with E-state index in [4.69, 9.17) is 10.6 Å². The maximum atomic E-state index is 9.34. The highest BCUT2D eigenvalue weighted by molar-refractivity contribution is 4.79. The Hall–Kier alpha value is -0.160. The minimum Gasteiger partial charge on any atom is -0.392 e. The topological polar surface area (TPSA) is 58.7 Å². The summed E-state index contributed by atoms with van der Waals surface area (Å²) in [4.78, 5) is 5.78. The van der Waals surface area contributed by atoms with Gasteiger partial charge in [0.25, 0.3) is 0 Å². The molecular weight excluding hydrogens is 180 g/mol. The monoisotopic (exact) mass is 200 g/mol. The maximum Gasteiger partial charge on any atom is 0.0943 e. The lowest BCUT2D eigenvalue weighted by molar-refractivity contribution is -0.199. The largest absolute Gasteiger partial charge is 0.392 e. The number of rotatable bonds is 2. The van der Waals surface area contributed by atoms with Gasteiger partial charge in [0.2, 0.25) is 0 Å². The molecule has 0 aromatic rings. The summed E-state index contributed by atoms with van der Waals surface area (Å²) in [6.07, 6.45) is 5.36. The molecule has 4 nitrogen and oxygen atoms in total. The van der Waals surface area contributed by atoms with Gasteiger partial charge in [-0.2, -0.15) is 5.06 Å². The number of nitrogens with two attached hydrogens (primary N) is 1. The molecule has 0 bridgehead atoms. The maximum absolute atomic E-state index is 9.34. The third kappa shape index (κ3) is 2.45. The number of aliphatic hydroxyl groups is 1. The third-order valence-corrected chi connectivity index (χ3v) is 3.16. The summed E-state index contributed by atoms with van der Waals surface area (Å²) < 4.78 is 0. The normalized spacial score (nSPS) is 40.3. The summed E-state index contributed by atoms with van der Waals surface area (Å²) in [5.74, 6) is 0. The van der Waals surface area contributed by atoms with Crippen molar-refractivity contribution < 1.29 is 9.94 Å². The minimum absolute atomic E-state index is 0.175. The van der Waals surface area contributed by atoms with E-state index in [0.29, 0.717) is 6.54 Å². The van der Waals surface area contributed by atoms with Crippen molar-refractivity contribution >= 4 is 0 Å². The number of nitrogens with zero attached hydrogens (tertiary/aromatic N) is 1. The van der Waals surface area contributed by atoms with Gasteiger partial charge < -0.3 is 10.8 Å². The van der Waals surface area contributed by atoms with Crippen molar-refractivity contribution in [3.05, 3.63) is 0 Å². The Morgan fingerprint density at radius 1 is 1.21 bits per heavy atom. The van der Waals surface area contributed by atoms with Gasteiger partial charge in [-0.1, -0.05) is 12.8 Å². The number of hydroxylamine groups is 2. The average molecular weight is 200 g/mol. The lowest BCUT2D eigenvalue weighted by atomic mass is 9.93. The van der Waals surface area contributed by atoms with Crippen molar-refractivity contribution in [2.24, 2.45) is 5.73 Å². The Labute approximate surface area is 85.0 Å². The second-order valence-corrected chi connectivity index (χ2v) is 4.42. The summed E-state index contributed by atoms with van der Waals surface area (Å²) in [6.45, 7) is 1.48. The first-order chi connectivity index (χ1) is 6.75. The fourth-order valence-electron chi connectivity index (χ4n) is 2.25. The molecule has 1 saturated carbocycles. The van der Waals surface area contributed by atoms with Crippen LogP contribution in [0.5, 0.6) is 0 Å². The molecule has 1 aliphatic heterocycles. The Morgan fingerprint density at radius 2 is 2.00 bits per heavy atom. The van der Waals surface area contributed by atoms with Gasteiger partial charge in [-0.05, 0) is 19.3 Å². The molecule has 2 fully saturated rings. The molecule has 0 amide bonds. The van der Waals surface area contributed by atoms with Crippen molar-refractivity contribution in [1.29, 1.82) is 0 Å². The fourth-order valence-corrected chi connectivity index (χ4v) is 2.25. The zero-order valence-corrected chi connectivity index (χ0v) is 8.56. The molecule has 0 radical (unpaired) electrons. The molecule has 1 aliphatic carbocycles. The predicted octanol–water partition coefficient (Wildman–Crippen LogP) is 0.254. The highest BCUT2D eigenvalue weighted by Gasteiger charge is 2.28. The van der Waals surface area contributed by atoms with Gasteiger partial charge in [0.15, 0.2) is 0 Å². The third-order valence-electron chi connectivity index (χ3n) is 3.16. The van der Waals surface area contributed by atoms with Crippen LogP contribution in [-0.4, -0.2) is 41.5 Å². The lowest BCUT2D eigenvalue weighted by Crippen LogP contribution is -2.43. The second-order valence-electron chi connectivity index (χ2n) is 4.42. The fraction of sp³-hybridized carbons (Fsp3) is 1.00. The van der Waals surface area contributed by atoms with Gasteiger partial charge in [-0.3, -0.25) is 4.84 Å². The predicted molar refractivity (Wildman–Crippen MR) is 53.5 cm³/mol. The molecule has 0 spiro atoms. The van der Waals surface area contributed by atoms with Crippen LogP contribution in [-0.2, 0) is 4.84 Å². The summed E-state index contributed by atoms with van der Waals surface area (Å²) in [5, 5.41) is 11.2. The Balaban J connectivity index is 1.78. The molecule has 2 aliphatic rings. The van der Waals surface area contributed by atoms with E-state index in [9.17, 15) is 5.11 Å². The molecule has 14 heavy (non-hydrogen) atoms. The van der Waals surface area contributed by atoms with Crippen LogP contribution in [0, 0.1) is 0 Å². The molecular formula is C10H20N2O2. The average Bonchev–Trinajstić information content (AvgIpc) is 2.56. The number of hydrogen-bond donors (Lipinski definition) is 2. The molecule has 1 saturated heterocycles. The van der Waals surface area contributed by atoms with Gasteiger partial charge >= 0.3 is 0 Å². The first kappa shape index (κ1) is 10.4. The molecule has 82 valence electrons. The van der Waals surface area contributed by atoms with Crippen LogP contribution in [0.4, 0.5) is 0 Å². The van der Waals surface area contributed by atoms with Crippen LogP contribution in [0.15, 0.2) is 0 Å². The quantitative estimate of drug-likeness (QED) is 0.671. The van der Waals surface area contributed by atoms with Crippen molar-refractivity contribution in [1.82, 2.24) is 5.06 Å². The lowest BCUT2D eigenvalue weighted by Gasteiger charge is -2.31. The molecule has 4 heteroatoms. The highest BCUT2D eigenvalue weighted by Crippen LogP contribution is 2.22. The Kier molecular flexibility index (Phi) is 3.38. The Bertz CT molecular complexity index is 189. The van der Waals surface area contributed by atoms with E-state index < -0.39 is 0 Å². The Morgan fingerprint density at radius 3 is 2.64 bits per heavy atom. The van der Waals surface area contributed by atoms with Crippen LogP contribution in [0.3, 0.4) is 0 Å². The molecule has 3 unspecified atom stereocenters. The van der Waals surface area contributed by atoms with Crippen LogP contribution in [0.2, 0.25) is 0 Å². The molecule has 1 heterocycles.